The second-order valence-corrected chi connectivity index (χ2v) is 9.38. The second-order valence-electron chi connectivity index (χ2n) is 8.32. The Labute approximate surface area is 224 Å². The Kier molecular flexibility index (Phi) is 8.78. The van der Waals surface area contributed by atoms with Gasteiger partial charge in [0.1, 0.15) is 11.1 Å². The summed E-state index contributed by atoms with van der Waals surface area (Å²) in [7, 11) is 1.57. The number of nitrogens with zero attached hydrogens (tertiary/aromatic N) is 3. The van der Waals surface area contributed by atoms with Gasteiger partial charge in [0.15, 0.2) is 11.5 Å². The number of ether oxygens (including phenoxy) is 2. The third-order valence-electron chi connectivity index (χ3n) is 5.55. The van der Waals surface area contributed by atoms with E-state index in [0.717, 1.165) is 28.0 Å². The minimum atomic E-state index is -0.363. The monoisotopic (exact) mass is 529 g/mol. The van der Waals surface area contributed by atoms with E-state index in [2.05, 4.69) is 26.0 Å². The maximum Gasteiger partial charge on any atom is 0.257 e. The number of hydrazone groups is 1. The zero-order valence-corrected chi connectivity index (χ0v) is 22.0. The molecule has 0 spiro atoms. The van der Waals surface area contributed by atoms with Crippen LogP contribution in [0.5, 0.6) is 11.5 Å². The molecular formula is C28H27N5O4S. The summed E-state index contributed by atoms with van der Waals surface area (Å²) >= 11 is 1.13. The minimum Gasteiger partial charge on any atom is -0.493 e. The van der Waals surface area contributed by atoms with Crippen molar-refractivity contribution in [3.05, 3.63) is 100 Å². The van der Waals surface area contributed by atoms with Gasteiger partial charge in [-0.2, -0.15) is 5.10 Å². The Hall–Kier alpha value is -4.57. The summed E-state index contributed by atoms with van der Waals surface area (Å²) in [6.45, 7) is 3.83. The fourth-order valence-corrected chi connectivity index (χ4v) is 4.30. The van der Waals surface area contributed by atoms with Gasteiger partial charge in [0.05, 0.1) is 19.7 Å². The summed E-state index contributed by atoms with van der Waals surface area (Å²) in [5.41, 5.74) is 5.66. The summed E-state index contributed by atoms with van der Waals surface area (Å²) in [5, 5.41) is 15.4. The van der Waals surface area contributed by atoms with Gasteiger partial charge in [-0.25, -0.2) is 5.43 Å². The number of rotatable bonds is 10. The van der Waals surface area contributed by atoms with Gasteiger partial charge in [-0.15, -0.1) is 10.2 Å². The summed E-state index contributed by atoms with van der Waals surface area (Å²) in [5.74, 6) is 0.517. The molecule has 0 unspecified atom stereocenters. The third-order valence-corrected chi connectivity index (χ3v) is 6.39. The molecule has 0 bridgehead atoms. The lowest BCUT2D eigenvalue weighted by Gasteiger charge is -2.17. The van der Waals surface area contributed by atoms with Crippen LogP contribution in [0.3, 0.4) is 0 Å². The van der Waals surface area contributed by atoms with E-state index in [1.54, 1.807) is 31.4 Å². The van der Waals surface area contributed by atoms with Gasteiger partial charge >= 0.3 is 0 Å². The van der Waals surface area contributed by atoms with E-state index in [0.29, 0.717) is 27.2 Å². The molecule has 194 valence electrons. The van der Waals surface area contributed by atoms with Crippen LogP contribution in [-0.2, 0) is 11.2 Å². The number of benzene rings is 3. The molecule has 9 nitrogen and oxygen atoms in total. The SMILES string of the molecule is COc1cc(/C=N\NC(=O)Cc2nnc(NC(=O)c3ccccc3C)s2)ccc1O[C@@H](C)c1ccccc1. The predicted octanol–water partition coefficient (Wildman–Crippen LogP) is 4.94. The summed E-state index contributed by atoms with van der Waals surface area (Å²) in [6.07, 6.45) is 1.34. The molecule has 2 amide bonds. The zero-order valence-electron chi connectivity index (χ0n) is 21.2. The molecule has 1 aromatic heterocycles. The highest BCUT2D eigenvalue weighted by Gasteiger charge is 2.14. The molecule has 4 aromatic rings. The van der Waals surface area contributed by atoms with Gasteiger partial charge in [0.25, 0.3) is 5.91 Å². The van der Waals surface area contributed by atoms with Crippen molar-refractivity contribution in [2.45, 2.75) is 26.4 Å². The maximum absolute atomic E-state index is 12.4. The number of hydrogen-bond acceptors (Lipinski definition) is 8. The van der Waals surface area contributed by atoms with Crippen molar-refractivity contribution in [3.8, 4) is 11.5 Å². The number of anilines is 1. The first-order valence-corrected chi connectivity index (χ1v) is 12.7. The summed E-state index contributed by atoms with van der Waals surface area (Å²) < 4.78 is 11.5. The van der Waals surface area contributed by atoms with Gasteiger partial charge in [-0.3, -0.25) is 14.9 Å². The average molecular weight is 530 g/mol. The molecule has 0 radical (unpaired) electrons. The minimum absolute atomic E-state index is 0.0251. The smallest absolute Gasteiger partial charge is 0.257 e. The van der Waals surface area contributed by atoms with E-state index in [1.165, 1.54) is 6.21 Å². The van der Waals surface area contributed by atoms with Crippen LogP contribution in [0.4, 0.5) is 5.13 Å². The molecule has 38 heavy (non-hydrogen) atoms. The number of carbonyl (C=O) groups excluding carboxylic acids is 2. The zero-order chi connectivity index (χ0) is 26.9. The van der Waals surface area contributed by atoms with E-state index in [4.69, 9.17) is 9.47 Å². The number of aryl methyl sites for hydroxylation is 1. The first-order valence-electron chi connectivity index (χ1n) is 11.8. The molecule has 0 aliphatic heterocycles. The average Bonchev–Trinajstić information content (AvgIpc) is 3.36. The maximum atomic E-state index is 12.4. The van der Waals surface area contributed by atoms with Crippen LogP contribution < -0.4 is 20.2 Å². The van der Waals surface area contributed by atoms with Gasteiger partial charge in [-0.05, 0) is 54.8 Å². The van der Waals surface area contributed by atoms with Crippen LogP contribution >= 0.6 is 11.3 Å². The lowest BCUT2D eigenvalue weighted by atomic mass is 10.1. The number of hydrogen-bond donors (Lipinski definition) is 2. The molecular weight excluding hydrogens is 502 g/mol. The lowest BCUT2D eigenvalue weighted by Crippen LogP contribution is -2.19. The van der Waals surface area contributed by atoms with E-state index in [9.17, 15) is 9.59 Å². The van der Waals surface area contributed by atoms with Gasteiger partial charge in [0, 0.05) is 5.56 Å². The van der Waals surface area contributed by atoms with Crippen molar-refractivity contribution in [2.24, 2.45) is 5.10 Å². The molecule has 0 saturated carbocycles. The Balaban J connectivity index is 1.30. The highest BCUT2D eigenvalue weighted by molar-refractivity contribution is 7.15. The molecule has 1 heterocycles. The quantitative estimate of drug-likeness (QED) is 0.222. The van der Waals surface area contributed by atoms with E-state index >= 15 is 0 Å². The van der Waals surface area contributed by atoms with Gasteiger partial charge in [0.2, 0.25) is 11.0 Å². The Morgan fingerprint density at radius 2 is 1.79 bits per heavy atom. The normalized spacial score (nSPS) is 11.7. The van der Waals surface area contributed by atoms with Crippen molar-refractivity contribution in [2.75, 3.05) is 12.4 Å². The highest BCUT2D eigenvalue weighted by Crippen LogP contribution is 2.31. The summed E-state index contributed by atoms with van der Waals surface area (Å²) in [4.78, 5) is 24.8. The van der Waals surface area contributed by atoms with E-state index < -0.39 is 0 Å². The van der Waals surface area contributed by atoms with Gasteiger partial charge in [-0.1, -0.05) is 59.9 Å². The van der Waals surface area contributed by atoms with Gasteiger partial charge < -0.3 is 9.47 Å². The van der Waals surface area contributed by atoms with Crippen molar-refractivity contribution >= 4 is 34.5 Å². The van der Waals surface area contributed by atoms with E-state index in [-0.39, 0.29) is 24.3 Å². The fourth-order valence-electron chi connectivity index (χ4n) is 3.57. The van der Waals surface area contributed by atoms with Crippen molar-refractivity contribution < 1.29 is 19.1 Å². The number of aromatic nitrogens is 2. The molecule has 0 fully saturated rings. The van der Waals surface area contributed by atoms with Crippen LogP contribution in [0.1, 0.15) is 45.1 Å². The summed E-state index contributed by atoms with van der Waals surface area (Å²) in [6, 6.07) is 22.6. The third kappa shape index (κ3) is 7.01. The van der Waals surface area contributed by atoms with Crippen LogP contribution in [-0.4, -0.2) is 35.3 Å². The molecule has 1 atom stereocenters. The largest absolute Gasteiger partial charge is 0.493 e. The molecule has 10 heteroatoms. The van der Waals surface area contributed by atoms with Crippen LogP contribution in [0.2, 0.25) is 0 Å². The highest BCUT2D eigenvalue weighted by atomic mass is 32.1. The molecule has 0 aliphatic carbocycles. The lowest BCUT2D eigenvalue weighted by molar-refractivity contribution is -0.120. The van der Waals surface area contributed by atoms with E-state index in [1.807, 2.05) is 62.4 Å². The van der Waals surface area contributed by atoms with Crippen LogP contribution in [0, 0.1) is 6.92 Å². The Morgan fingerprint density at radius 1 is 1.03 bits per heavy atom. The molecule has 0 saturated heterocycles. The predicted molar refractivity (Wildman–Crippen MR) is 147 cm³/mol. The molecule has 0 aliphatic rings. The topological polar surface area (TPSA) is 115 Å². The standard InChI is InChI=1S/C28H27N5O4S/c1-18-9-7-8-12-22(18)27(35)30-28-33-32-26(38-28)16-25(34)31-29-17-20-13-14-23(24(15-20)36-3)37-19(2)21-10-5-4-6-11-21/h4-15,17,19H,16H2,1-3H3,(H,31,34)(H,30,33,35)/b29-17-/t19-/m0/s1. The first-order chi connectivity index (χ1) is 18.4. The first kappa shape index (κ1) is 26.5. The van der Waals surface area contributed by atoms with Crippen molar-refractivity contribution in [1.82, 2.24) is 15.6 Å². The van der Waals surface area contributed by atoms with Crippen molar-refractivity contribution in [1.29, 1.82) is 0 Å². The number of methoxy groups -OCH3 is 1. The van der Waals surface area contributed by atoms with Crippen LogP contribution in [0.15, 0.2) is 77.9 Å². The van der Waals surface area contributed by atoms with Crippen LogP contribution in [0.25, 0.3) is 0 Å². The molecule has 2 N–H and O–H groups in total. The Morgan fingerprint density at radius 3 is 2.55 bits per heavy atom. The fraction of sp³-hybridized carbons (Fsp3) is 0.179. The molecule has 4 rings (SSSR count). The number of carbonyl (C=O) groups is 2. The van der Waals surface area contributed by atoms with Crippen molar-refractivity contribution in [3.63, 3.8) is 0 Å². The molecule has 3 aromatic carbocycles. The number of amides is 2. The number of nitrogens with one attached hydrogen (secondary N) is 2. The Bertz CT molecular complexity index is 1440. The second kappa shape index (κ2) is 12.6.